The van der Waals surface area contributed by atoms with Crippen LogP contribution in [0, 0.1) is 0 Å². The molecule has 2 aromatic rings. The molecule has 3 heterocycles. The highest BCUT2D eigenvalue weighted by Gasteiger charge is 2.25. The fourth-order valence-electron chi connectivity index (χ4n) is 2.75. The molecule has 0 bridgehead atoms. The fourth-order valence-corrected chi connectivity index (χ4v) is 3.45. The number of amides is 1. The Morgan fingerprint density at radius 2 is 2.38 bits per heavy atom. The first kappa shape index (κ1) is 14.0. The zero-order valence-electron chi connectivity index (χ0n) is 11.6. The number of rotatable bonds is 3. The van der Waals surface area contributed by atoms with Crippen LogP contribution in [0.15, 0.2) is 34.6 Å². The molecule has 0 saturated carbocycles. The van der Waals surface area contributed by atoms with Gasteiger partial charge in [0.1, 0.15) is 0 Å². The Morgan fingerprint density at radius 3 is 3.14 bits per heavy atom. The molecule has 5 nitrogen and oxygen atoms in total. The summed E-state index contributed by atoms with van der Waals surface area (Å²) in [5.41, 5.74) is 0.554. The third-order valence-electron chi connectivity index (χ3n) is 3.82. The number of aromatic nitrogens is 2. The summed E-state index contributed by atoms with van der Waals surface area (Å²) >= 11 is 1.61. The van der Waals surface area contributed by atoms with Crippen molar-refractivity contribution >= 4 is 17.2 Å². The molecule has 1 atom stereocenters. The Hall–Kier alpha value is -1.95. The van der Waals surface area contributed by atoms with Crippen LogP contribution in [0.1, 0.15) is 29.3 Å². The van der Waals surface area contributed by atoms with Gasteiger partial charge in [-0.1, -0.05) is 6.07 Å². The van der Waals surface area contributed by atoms with Gasteiger partial charge in [-0.25, -0.2) is 9.78 Å². The first-order valence-electron chi connectivity index (χ1n) is 7.08. The van der Waals surface area contributed by atoms with E-state index in [1.165, 1.54) is 6.20 Å². The van der Waals surface area contributed by atoms with Gasteiger partial charge in [-0.2, -0.15) is 0 Å². The topological polar surface area (TPSA) is 66.1 Å². The van der Waals surface area contributed by atoms with Crippen molar-refractivity contribution in [1.82, 2.24) is 14.9 Å². The number of aromatic amines is 1. The Morgan fingerprint density at radius 1 is 1.48 bits per heavy atom. The minimum Gasteiger partial charge on any atom is -0.342 e. The van der Waals surface area contributed by atoms with Gasteiger partial charge >= 0.3 is 5.69 Å². The number of hydrogen-bond acceptors (Lipinski definition) is 4. The lowest BCUT2D eigenvalue weighted by atomic mass is 9.94. The van der Waals surface area contributed by atoms with Crippen molar-refractivity contribution in [3.8, 4) is 0 Å². The Balaban J connectivity index is 1.68. The normalized spacial score (nSPS) is 18.7. The number of piperidine rings is 1. The van der Waals surface area contributed by atoms with E-state index in [0.717, 1.165) is 30.0 Å². The number of H-pyrrole nitrogens is 1. The van der Waals surface area contributed by atoms with Crippen molar-refractivity contribution in [3.05, 3.63) is 50.8 Å². The number of nitrogens with one attached hydrogen (secondary N) is 1. The standard InChI is InChI=1S/C15H17N3O2S/c19-14(9-12-4-2-8-21-12)18-7-1-3-11(10-18)13-5-6-16-15(20)17-13/h2,4-6,8,11H,1,3,7,9-10H2,(H,16,17,20)/t11-/m1/s1. The molecule has 1 N–H and O–H groups in total. The van der Waals surface area contributed by atoms with Gasteiger partial charge in [0.15, 0.2) is 0 Å². The molecule has 1 amide bonds. The van der Waals surface area contributed by atoms with Crippen LogP contribution in [0.2, 0.25) is 0 Å². The molecular formula is C15H17N3O2S. The second-order valence-corrected chi connectivity index (χ2v) is 6.30. The summed E-state index contributed by atoms with van der Waals surface area (Å²) in [4.78, 5) is 33.1. The van der Waals surface area contributed by atoms with E-state index in [0.29, 0.717) is 13.0 Å². The quantitative estimate of drug-likeness (QED) is 0.940. The highest BCUT2D eigenvalue weighted by molar-refractivity contribution is 7.10. The van der Waals surface area contributed by atoms with E-state index in [1.54, 1.807) is 11.3 Å². The molecule has 21 heavy (non-hydrogen) atoms. The lowest BCUT2D eigenvalue weighted by Crippen LogP contribution is -2.40. The van der Waals surface area contributed by atoms with Crippen LogP contribution in [0.3, 0.4) is 0 Å². The number of likely N-dealkylation sites (tertiary alicyclic amines) is 1. The molecule has 0 spiro atoms. The zero-order chi connectivity index (χ0) is 14.7. The molecule has 1 aliphatic heterocycles. The molecule has 2 aromatic heterocycles. The van der Waals surface area contributed by atoms with Crippen molar-refractivity contribution in [2.45, 2.75) is 25.2 Å². The average molecular weight is 303 g/mol. The van der Waals surface area contributed by atoms with Crippen LogP contribution in [-0.4, -0.2) is 33.9 Å². The van der Waals surface area contributed by atoms with Crippen LogP contribution < -0.4 is 5.69 Å². The van der Waals surface area contributed by atoms with E-state index >= 15 is 0 Å². The van der Waals surface area contributed by atoms with Gasteiger partial charge in [-0.15, -0.1) is 11.3 Å². The van der Waals surface area contributed by atoms with E-state index in [-0.39, 0.29) is 17.5 Å². The van der Waals surface area contributed by atoms with Gasteiger partial charge in [0.2, 0.25) is 5.91 Å². The predicted molar refractivity (Wildman–Crippen MR) is 81.4 cm³/mol. The predicted octanol–water partition coefficient (Wildman–Crippen LogP) is 1.78. The average Bonchev–Trinajstić information content (AvgIpc) is 3.00. The lowest BCUT2D eigenvalue weighted by Gasteiger charge is -2.32. The third kappa shape index (κ3) is 3.39. The van der Waals surface area contributed by atoms with Crippen molar-refractivity contribution < 1.29 is 4.79 Å². The number of hydrogen-bond donors (Lipinski definition) is 1. The fraction of sp³-hybridized carbons (Fsp3) is 0.400. The van der Waals surface area contributed by atoms with Crippen LogP contribution in [0.5, 0.6) is 0 Å². The molecule has 0 unspecified atom stereocenters. The molecular weight excluding hydrogens is 286 g/mol. The SMILES string of the molecule is O=C(Cc1cccs1)N1CCC[C@@H](c2ccnc(=O)[nH]2)C1. The minimum atomic E-state index is -0.325. The Bertz CT molecular complexity index is 666. The van der Waals surface area contributed by atoms with E-state index in [4.69, 9.17) is 0 Å². The molecule has 0 aliphatic carbocycles. The van der Waals surface area contributed by atoms with Gasteiger partial charge in [0.25, 0.3) is 0 Å². The molecule has 3 rings (SSSR count). The first-order valence-corrected chi connectivity index (χ1v) is 7.96. The molecule has 1 aliphatic rings. The van der Waals surface area contributed by atoms with Crippen LogP contribution in [0.4, 0.5) is 0 Å². The van der Waals surface area contributed by atoms with Crippen molar-refractivity contribution in [1.29, 1.82) is 0 Å². The van der Waals surface area contributed by atoms with E-state index in [9.17, 15) is 9.59 Å². The van der Waals surface area contributed by atoms with E-state index < -0.39 is 0 Å². The largest absolute Gasteiger partial charge is 0.345 e. The smallest absolute Gasteiger partial charge is 0.342 e. The summed E-state index contributed by atoms with van der Waals surface area (Å²) in [6.07, 6.45) is 3.95. The maximum absolute atomic E-state index is 12.4. The second kappa shape index (κ2) is 6.22. The number of nitrogens with zero attached hydrogens (tertiary/aromatic N) is 2. The summed E-state index contributed by atoms with van der Waals surface area (Å²) in [7, 11) is 0. The minimum absolute atomic E-state index is 0.165. The van der Waals surface area contributed by atoms with Gasteiger partial charge in [0.05, 0.1) is 6.42 Å². The number of carbonyl (C=O) groups excluding carboxylic acids is 1. The summed E-state index contributed by atoms with van der Waals surface area (Å²) in [6, 6.07) is 5.79. The Labute approximate surface area is 126 Å². The number of carbonyl (C=O) groups is 1. The lowest BCUT2D eigenvalue weighted by molar-refractivity contribution is -0.131. The Kier molecular flexibility index (Phi) is 4.15. The highest BCUT2D eigenvalue weighted by atomic mass is 32.1. The van der Waals surface area contributed by atoms with Crippen LogP contribution in [-0.2, 0) is 11.2 Å². The first-order chi connectivity index (χ1) is 10.2. The maximum atomic E-state index is 12.4. The zero-order valence-corrected chi connectivity index (χ0v) is 12.4. The van der Waals surface area contributed by atoms with Gasteiger partial charge in [0, 0.05) is 35.8 Å². The summed E-state index contributed by atoms with van der Waals surface area (Å²) in [6.45, 7) is 1.47. The van der Waals surface area contributed by atoms with Crippen molar-refractivity contribution in [2.75, 3.05) is 13.1 Å². The molecule has 110 valence electrons. The van der Waals surface area contributed by atoms with Crippen LogP contribution >= 0.6 is 11.3 Å². The molecule has 0 aromatic carbocycles. The van der Waals surface area contributed by atoms with Crippen LogP contribution in [0.25, 0.3) is 0 Å². The second-order valence-electron chi connectivity index (χ2n) is 5.27. The highest BCUT2D eigenvalue weighted by Crippen LogP contribution is 2.25. The number of thiophene rings is 1. The van der Waals surface area contributed by atoms with E-state index in [1.807, 2.05) is 28.5 Å². The van der Waals surface area contributed by atoms with Crippen molar-refractivity contribution in [3.63, 3.8) is 0 Å². The molecule has 1 saturated heterocycles. The summed E-state index contributed by atoms with van der Waals surface area (Å²) in [5.74, 6) is 0.361. The van der Waals surface area contributed by atoms with Gasteiger partial charge in [-0.3, -0.25) is 4.79 Å². The summed E-state index contributed by atoms with van der Waals surface area (Å²) in [5, 5.41) is 1.99. The van der Waals surface area contributed by atoms with E-state index in [2.05, 4.69) is 9.97 Å². The molecule has 1 fully saturated rings. The van der Waals surface area contributed by atoms with Gasteiger partial charge in [-0.05, 0) is 30.4 Å². The van der Waals surface area contributed by atoms with Gasteiger partial charge < -0.3 is 9.88 Å². The molecule has 0 radical (unpaired) electrons. The monoisotopic (exact) mass is 303 g/mol. The third-order valence-corrected chi connectivity index (χ3v) is 4.69. The summed E-state index contributed by atoms with van der Waals surface area (Å²) < 4.78 is 0. The van der Waals surface area contributed by atoms with Crippen molar-refractivity contribution in [2.24, 2.45) is 0 Å². The maximum Gasteiger partial charge on any atom is 0.345 e. The molecule has 6 heteroatoms.